The summed E-state index contributed by atoms with van der Waals surface area (Å²) >= 11 is 0. The Morgan fingerprint density at radius 1 is 1.19 bits per heavy atom. The lowest BCUT2D eigenvalue weighted by molar-refractivity contribution is -0.385. The highest BCUT2D eigenvalue weighted by atomic mass is 16.6. The molecule has 0 fully saturated rings. The Labute approximate surface area is 149 Å². The van der Waals surface area contributed by atoms with Gasteiger partial charge >= 0.3 is 5.97 Å². The van der Waals surface area contributed by atoms with Crippen LogP contribution in [0.25, 0.3) is 11.5 Å². The molecule has 0 aliphatic carbocycles. The second-order valence-corrected chi connectivity index (χ2v) is 5.69. The number of benzene rings is 2. The van der Waals surface area contributed by atoms with Crippen LogP contribution in [0.15, 0.2) is 59.0 Å². The molecular formula is C19H16N2O5. The molecule has 1 atom stereocenters. The number of oxazole rings is 1. The number of rotatable bonds is 5. The number of ether oxygens (including phenoxy) is 1. The number of aryl methyl sites for hydroxylation is 1. The van der Waals surface area contributed by atoms with Crippen molar-refractivity contribution in [3.05, 3.63) is 81.7 Å². The summed E-state index contributed by atoms with van der Waals surface area (Å²) in [5.41, 5.74) is 1.30. The molecule has 132 valence electrons. The fraction of sp³-hybridized carbons (Fsp3) is 0.158. The van der Waals surface area contributed by atoms with Gasteiger partial charge in [0.05, 0.1) is 4.92 Å². The van der Waals surface area contributed by atoms with E-state index in [1.165, 1.54) is 12.1 Å². The van der Waals surface area contributed by atoms with Crippen molar-refractivity contribution in [3.63, 3.8) is 0 Å². The van der Waals surface area contributed by atoms with E-state index in [2.05, 4.69) is 4.98 Å². The summed E-state index contributed by atoms with van der Waals surface area (Å²) in [6.07, 6.45) is -0.668. The largest absolute Gasteiger partial charge is 0.453 e. The molecule has 0 amide bonds. The van der Waals surface area contributed by atoms with E-state index in [0.717, 1.165) is 5.56 Å². The lowest BCUT2D eigenvalue weighted by Gasteiger charge is -2.12. The Bertz CT molecular complexity index is 950. The maximum atomic E-state index is 12.4. The van der Waals surface area contributed by atoms with Gasteiger partial charge in [-0.15, -0.1) is 0 Å². The van der Waals surface area contributed by atoms with Gasteiger partial charge in [0.1, 0.15) is 11.9 Å². The van der Waals surface area contributed by atoms with Gasteiger partial charge in [0.2, 0.25) is 5.89 Å². The molecule has 0 spiro atoms. The number of nitro groups is 1. The van der Waals surface area contributed by atoms with Gasteiger partial charge in [-0.05, 0) is 31.5 Å². The SMILES string of the molecule is Cc1oc(-c2ccccc2)nc1C(=O)O[C@@H](C)c1cccc([N+](=O)[O-])c1. The van der Waals surface area contributed by atoms with E-state index < -0.39 is 17.0 Å². The Morgan fingerprint density at radius 3 is 2.62 bits per heavy atom. The fourth-order valence-electron chi connectivity index (χ4n) is 2.47. The maximum Gasteiger partial charge on any atom is 0.361 e. The molecule has 0 N–H and O–H groups in total. The number of aromatic nitrogens is 1. The molecule has 2 aromatic carbocycles. The van der Waals surface area contributed by atoms with Crippen molar-refractivity contribution in [2.24, 2.45) is 0 Å². The number of esters is 1. The first-order valence-corrected chi connectivity index (χ1v) is 7.94. The number of nitro benzene ring substituents is 1. The minimum atomic E-state index is -0.668. The smallest absolute Gasteiger partial charge is 0.361 e. The van der Waals surface area contributed by atoms with Crippen molar-refractivity contribution in [2.75, 3.05) is 0 Å². The van der Waals surface area contributed by atoms with E-state index in [1.807, 2.05) is 30.3 Å². The third-order valence-electron chi connectivity index (χ3n) is 3.84. The van der Waals surface area contributed by atoms with Crippen LogP contribution in [0.4, 0.5) is 5.69 Å². The Balaban J connectivity index is 1.79. The lowest BCUT2D eigenvalue weighted by Crippen LogP contribution is -2.11. The first-order chi connectivity index (χ1) is 12.5. The number of nitrogens with zero attached hydrogens (tertiary/aromatic N) is 2. The molecule has 0 unspecified atom stereocenters. The van der Waals surface area contributed by atoms with E-state index in [0.29, 0.717) is 17.2 Å². The average Bonchev–Trinajstić information content (AvgIpc) is 3.04. The van der Waals surface area contributed by atoms with Crippen LogP contribution in [0.5, 0.6) is 0 Å². The van der Waals surface area contributed by atoms with Crippen LogP contribution in [0.2, 0.25) is 0 Å². The molecule has 0 saturated heterocycles. The fourth-order valence-corrected chi connectivity index (χ4v) is 2.47. The summed E-state index contributed by atoms with van der Waals surface area (Å²) in [7, 11) is 0. The summed E-state index contributed by atoms with van der Waals surface area (Å²) < 4.78 is 11.0. The molecule has 0 bridgehead atoms. The zero-order chi connectivity index (χ0) is 18.7. The summed E-state index contributed by atoms with van der Waals surface area (Å²) in [4.78, 5) is 27.0. The van der Waals surface area contributed by atoms with Gasteiger partial charge < -0.3 is 9.15 Å². The topological polar surface area (TPSA) is 95.5 Å². The number of hydrogen-bond acceptors (Lipinski definition) is 6. The summed E-state index contributed by atoms with van der Waals surface area (Å²) in [6, 6.07) is 15.2. The number of hydrogen-bond donors (Lipinski definition) is 0. The second kappa shape index (κ2) is 7.18. The molecule has 0 saturated carbocycles. The van der Waals surface area contributed by atoms with E-state index >= 15 is 0 Å². The number of carbonyl (C=O) groups excluding carboxylic acids is 1. The molecule has 0 radical (unpaired) electrons. The van der Waals surface area contributed by atoms with E-state index in [9.17, 15) is 14.9 Å². The Morgan fingerprint density at radius 2 is 1.92 bits per heavy atom. The van der Waals surface area contributed by atoms with Crippen LogP contribution in [0.3, 0.4) is 0 Å². The van der Waals surface area contributed by atoms with Gasteiger partial charge in [0, 0.05) is 17.7 Å². The van der Waals surface area contributed by atoms with Crippen molar-refractivity contribution < 1.29 is 18.9 Å². The quantitative estimate of drug-likeness (QED) is 0.382. The Kier molecular flexibility index (Phi) is 4.79. The second-order valence-electron chi connectivity index (χ2n) is 5.69. The van der Waals surface area contributed by atoms with Crippen LogP contribution < -0.4 is 0 Å². The van der Waals surface area contributed by atoms with E-state index in [1.54, 1.807) is 26.0 Å². The molecule has 3 rings (SSSR count). The maximum absolute atomic E-state index is 12.4. The molecule has 0 aliphatic heterocycles. The van der Waals surface area contributed by atoms with Crippen molar-refractivity contribution in [2.45, 2.75) is 20.0 Å². The first-order valence-electron chi connectivity index (χ1n) is 7.94. The van der Waals surface area contributed by atoms with Crippen LogP contribution >= 0.6 is 0 Å². The van der Waals surface area contributed by atoms with Crippen molar-refractivity contribution in [3.8, 4) is 11.5 Å². The summed E-state index contributed by atoms with van der Waals surface area (Å²) in [5.74, 6) is 0.0329. The molecule has 3 aromatic rings. The molecule has 7 heteroatoms. The predicted molar refractivity (Wildman–Crippen MR) is 93.6 cm³/mol. The van der Waals surface area contributed by atoms with Crippen LogP contribution in [-0.4, -0.2) is 15.9 Å². The van der Waals surface area contributed by atoms with E-state index in [-0.39, 0.29) is 11.4 Å². The van der Waals surface area contributed by atoms with Crippen molar-refractivity contribution in [1.82, 2.24) is 4.98 Å². The van der Waals surface area contributed by atoms with Crippen LogP contribution in [0.1, 0.15) is 34.8 Å². The number of carbonyl (C=O) groups is 1. The third kappa shape index (κ3) is 3.61. The van der Waals surface area contributed by atoms with Crippen molar-refractivity contribution >= 4 is 11.7 Å². The highest BCUT2D eigenvalue weighted by Crippen LogP contribution is 2.25. The summed E-state index contributed by atoms with van der Waals surface area (Å²) in [6.45, 7) is 3.28. The highest BCUT2D eigenvalue weighted by molar-refractivity contribution is 5.89. The molecule has 0 aliphatic rings. The van der Waals surface area contributed by atoms with Gasteiger partial charge in [0.15, 0.2) is 5.69 Å². The zero-order valence-corrected chi connectivity index (χ0v) is 14.2. The van der Waals surface area contributed by atoms with Gasteiger partial charge in [0.25, 0.3) is 5.69 Å². The minimum Gasteiger partial charge on any atom is -0.453 e. The molecule has 7 nitrogen and oxygen atoms in total. The Hall–Kier alpha value is -3.48. The van der Waals surface area contributed by atoms with Crippen LogP contribution in [-0.2, 0) is 4.74 Å². The standard InChI is InChI=1S/C19H16N2O5/c1-12(15-9-6-10-16(11-15)21(23)24)26-19(22)17-13(2)25-18(20-17)14-7-4-3-5-8-14/h3-12H,1-2H3/t12-/m0/s1. The average molecular weight is 352 g/mol. The first kappa shape index (κ1) is 17.3. The molecule has 26 heavy (non-hydrogen) atoms. The lowest BCUT2D eigenvalue weighted by atomic mass is 10.1. The van der Waals surface area contributed by atoms with Gasteiger partial charge in [-0.3, -0.25) is 10.1 Å². The van der Waals surface area contributed by atoms with Gasteiger partial charge in [-0.25, -0.2) is 9.78 Å². The monoisotopic (exact) mass is 352 g/mol. The molecular weight excluding hydrogens is 336 g/mol. The number of non-ortho nitro benzene ring substituents is 1. The molecule has 1 aromatic heterocycles. The predicted octanol–water partition coefficient (Wildman–Crippen LogP) is 4.48. The highest BCUT2D eigenvalue weighted by Gasteiger charge is 2.22. The summed E-state index contributed by atoms with van der Waals surface area (Å²) in [5, 5.41) is 10.9. The normalized spacial score (nSPS) is 11.8. The van der Waals surface area contributed by atoms with Gasteiger partial charge in [-0.2, -0.15) is 0 Å². The van der Waals surface area contributed by atoms with Crippen LogP contribution in [0, 0.1) is 17.0 Å². The zero-order valence-electron chi connectivity index (χ0n) is 14.2. The van der Waals surface area contributed by atoms with Crippen molar-refractivity contribution in [1.29, 1.82) is 0 Å². The third-order valence-corrected chi connectivity index (χ3v) is 3.84. The molecule has 1 heterocycles. The van der Waals surface area contributed by atoms with Gasteiger partial charge in [-0.1, -0.05) is 30.3 Å². The minimum absolute atomic E-state index is 0.0608. The van der Waals surface area contributed by atoms with E-state index in [4.69, 9.17) is 9.15 Å².